The van der Waals surface area contributed by atoms with Crippen LogP contribution in [0.3, 0.4) is 0 Å². The first-order valence-corrected chi connectivity index (χ1v) is 13.8. The van der Waals surface area contributed by atoms with E-state index in [4.69, 9.17) is 0 Å². The molecule has 1 heterocycles. The average molecular weight is 490 g/mol. The highest BCUT2D eigenvalue weighted by Gasteiger charge is 2.33. The number of benzene rings is 3. The lowest BCUT2D eigenvalue weighted by Gasteiger charge is -2.33. The Labute approximate surface area is 206 Å². The average Bonchev–Trinajstić information content (AvgIpc) is 3.21. The molecule has 35 heavy (non-hydrogen) atoms. The van der Waals surface area contributed by atoms with Crippen LogP contribution in [0.15, 0.2) is 77.7 Å². The van der Waals surface area contributed by atoms with E-state index in [-0.39, 0.29) is 23.4 Å². The highest BCUT2D eigenvalue weighted by Crippen LogP contribution is 2.31. The largest absolute Gasteiger partial charge is 0.341 e. The molecule has 0 spiro atoms. The number of hydrogen-bond donors (Lipinski definition) is 1. The van der Waals surface area contributed by atoms with Crippen LogP contribution in [0.1, 0.15) is 39.0 Å². The van der Waals surface area contributed by atoms with Gasteiger partial charge in [0.05, 0.1) is 11.4 Å². The molecule has 0 radical (unpaired) electrons. The van der Waals surface area contributed by atoms with E-state index in [2.05, 4.69) is 28.9 Å². The molecule has 1 aliphatic carbocycles. The van der Waals surface area contributed by atoms with Gasteiger partial charge in [-0.3, -0.25) is 4.79 Å². The van der Waals surface area contributed by atoms with Gasteiger partial charge in [-0.15, -0.1) is 0 Å². The van der Waals surface area contributed by atoms with Crippen LogP contribution in [-0.4, -0.2) is 35.8 Å². The molecular weight excluding hydrogens is 458 g/mol. The molecule has 1 fully saturated rings. The number of hydrogen-bond acceptors (Lipinski definition) is 3. The van der Waals surface area contributed by atoms with Gasteiger partial charge in [0.25, 0.3) is 0 Å². The molecule has 1 amide bonds. The number of carbonyl (C=O) groups excluding carboxylic acids is 1. The number of amides is 1. The van der Waals surface area contributed by atoms with Gasteiger partial charge in [0.2, 0.25) is 15.9 Å². The van der Waals surface area contributed by atoms with Crippen molar-refractivity contribution in [2.75, 3.05) is 11.9 Å². The van der Waals surface area contributed by atoms with Gasteiger partial charge in [0.15, 0.2) is 0 Å². The normalized spacial score (nSPS) is 15.1. The van der Waals surface area contributed by atoms with Crippen LogP contribution in [0.25, 0.3) is 21.8 Å². The zero-order valence-electron chi connectivity index (χ0n) is 20.0. The Morgan fingerprint density at radius 1 is 0.914 bits per heavy atom. The number of aryl methyl sites for hydroxylation is 1. The minimum atomic E-state index is -3.78. The summed E-state index contributed by atoms with van der Waals surface area (Å²) < 4.78 is 30.7. The van der Waals surface area contributed by atoms with Crippen molar-refractivity contribution in [2.45, 2.75) is 56.5 Å². The first-order chi connectivity index (χ1) is 17.0. The van der Waals surface area contributed by atoms with Crippen molar-refractivity contribution in [3.05, 3.63) is 72.8 Å². The number of nitrogens with zero attached hydrogens (tertiary/aromatic N) is 2. The van der Waals surface area contributed by atoms with Crippen molar-refractivity contribution in [3.8, 4) is 0 Å². The molecule has 4 aromatic rings. The van der Waals surface area contributed by atoms with E-state index >= 15 is 0 Å². The first kappa shape index (κ1) is 23.6. The predicted molar refractivity (Wildman–Crippen MR) is 141 cm³/mol. The van der Waals surface area contributed by atoms with E-state index in [9.17, 15) is 13.2 Å². The quantitative estimate of drug-likeness (QED) is 0.358. The lowest BCUT2D eigenvalue weighted by molar-refractivity contribution is -0.116. The molecule has 1 saturated carbocycles. The third kappa shape index (κ3) is 4.58. The molecule has 0 atom stereocenters. The van der Waals surface area contributed by atoms with Crippen LogP contribution in [0.4, 0.5) is 5.69 Å². The standard InChI is InChI=1S/C28H31N3O3S/c1-2-30-26-16-10-9-15-24(26)25-19-21(17-18-27(25)30)29-28(32)20-31(22-11-5-3-6-12-22)35(33,34)23-13-7-4-8-14-23/h4,7-10,13-19,22H,2-3,5-6,11-12,20H2,1H3,(H,29,32). The molecule has 1 aromatic heterocycles. The summed E-state index contributed by atoms with van der Waals surface area (Å²) in [6.45, 7) is 2.77. The molecule has 0 saturated heterocycles. The smallest absolute Gasteiger partial charge is 0.243 e. The first-order valence-electron chi connectivity index (χ1n) is 12.4. The summed E-state index contributed by atoms with van der Waals surface area (Å²) in [6, 6.07) is 22.4. The van der Waals surface area contributed by atoms with Gasteiger partial charge in [-0.1, -0.05) is 55.7 Å². The van der Waals surface area contributed by atoms with Crippen LogP contribution in [0, 0.1) is 0 Å². The maximum absolute atomic E-state index is 13.5. The number of fused-ring (bicyclic) bond motifs is 3. The SMILES string of the molecule is CCn1c2ccccc2c2cc(NC(=O)CN(C3CCCCC3)S(=O)(=O)c3ccccc3)ccc21. The predicted octanol–water partition coefficient (Wildman–Crippen LogP) is 5.78. The monoisotopic (exact) mass is 489 g/mol. The van der Waals surface area contributed by atoms with E-state index in [1.807, 2.05) is 30.3 Å². The second kappa shape index (κ2) is 9.84. The third-order valence-electron chi connectivity index (χ3n) is 7.00. The Bertz CT molecular complexity index is 1460. The lowest BCUT2D eigenvalue weighted by atomic mass is 9.95. The van der Waals surface area contributed by atoms with Gasteiger partial charge in [0.1, 0.15) is 0 Å². The van der Waals surface area contributed by atoms with Crippen molar-refractivity contribution in [1.29, 1.82) is 0 Å². The van der Waals surface area contributed by atoms with Gasteiger partial charge < -0.3 is 9.88 Å². The van der Waals surface area contributed by atoms with Crippen LogP contribution in [-0.2, 0) is 21.4 Å². The topological polar surface area (TPSA) is 71.4 Å². The van der Waals surface area contributed by atoms with Gasteiger partial charge in [-0.25, -0.2) is 8.42 Å². The molecule has 1 aliphatic rings. The number of sulfonamides is 1. The van der Waals surface area contributed by atoms with Gasteiger partial charge in [-0.05, 0) is 56.2 Å². The van der Waals surface area contributed by atoms with Crippen LogP contribution in [0.2, 0.25) is 0 Å². The summed E-state index contributed by atoms with van der Waals surface area (Å²) in [5.74, 6) is -0.325. The number of aromatic nitrogens is 1. The summed E-state index contributed by atoms with van der Waals surface area (Å²) in [7, 11) is -3.78. The summed E-state index contributed by atoms with van der Waals surface area (Å²) in [5.41, 5.74) is 2.94. The van der Waals surface area contributed by atoms with Crippen molar-refractivity contribution in [3.63, 3.8) is 0 Å². The lowest BCUT2D eigenvalue weighted by Crippen LogP contribution is -2.45. The molecule has 0 unspecified atom stereocenters. The van der Waals surface area contributed by atoms with E-state index in [0.29, 0.717) is 5.69 Å². The zero-order chi connectivity index (χ0) is 24.4. The minimum Gasteiger partial charge on any atom is -0.341 e. The second-order valence-corrected chi connectivity index (χ2v) is 11.1. The molecule has 182 valence electrons. The fourth-order valence-electron chi connectivity index (χ4n) is 5.32. The Balaban J connectivity index is 1.43. The summed E-state index contributed by atoms with van der Waals surface area (Å²) in [6.07, 6.45) is 4.62. The molecule has 6 nitrogen and oxygen atoms in total. The number of anilines is 1. The highest BCUT2D eigenvalue weighted by molar-refractivity contribution is 7.89. The third-order valence-corrected chi connectivity index (χ3v) is 8.92. The Hall–Kier alpha value is -3.16. The molecule has 0 aliphatic heterocycles. The number of carbonyl (C=O) groups is 1. The Morgan fingerprint density at radius 2 is 1.60 bits per heavy atom. The van der Waals surface area contributed by atoms with Gasteiger partial charge in [0, 0.05) is 40.1 Å². The zero-order valence-corrected chi connectivity index (χ0v) is 20.8. The van der Waals surface area contributed by atoms with E-state index in [1.54, 1.807) is 30.3 Å². The minimum absolute atomic E-state index is 0.162. The Morgan fingerprint density at radius 3 is 2.34 bits per heavy atom. The molecule has 1 N–H and O–H groups in total. The van der Waals surface area contributed by atoms with Crippen molar-refractivity contribution >= 4 is 43.4 Å². The van der Waals surface area contributed by atoms with E-state index in [1.165, 1.54) is 4.31 Å². The number of rotatable bonds is 7. The Kier molecular flexibility index (Phi) is 6.62. The fraction of sp³-hybridized carbons (Fsp3) is 0.321. The van der Waals surface area contributed by atoms with Gasteiger partial charge in [-0.2, -0.15) is 4.31 Å². The number of nitrogens with one attached hydrogen (secondary N) is 1. The molecular formula is C28H31N3O3S. The summed E-state index contributed by atoms with van der Waals surface area (Å²) in [4.78, 5) is 13.4. The summed E-state index contributed by atoms with van der Waals surface area (Å²) >= 11 is 0. The van der Waals surface area contributed by atoms with E-state index in [0.717, 1.165) is 60.5 Å². The second-order valence-electron chi connectivity index (χ2n) is 9.20. The van der Waals surface area contributed by atoms with Gasteiger partial charge >= 0.3 is 0 Å². The van der Waals surface area contributed by atoms with Crippen LogP contribution < -0.4 is 5.32 Å². The van der Waals surface area contributed by atoms with Crippen LogP contribution in [0.5, 0.6) is 0 Å². The molecule has 3 aromatic carbocycles. The van der Waals surface area contributed by atoms with E-state index < -0.39 is 10.0 Å². The maximum atomic E-state index is 13.5. The van der Waals surface area contributed by atoms with Crippen molar-refractivity contribution < 1.29 is 13.2 Å². The van der Waals surface area contributed by atoms with Crippen molar-refractivity contribution in [1.82, 2.24) is 8.87 Å². The maximum Gasteiger partial charge on any atom is 0.243 e. The summed E-state index contributed by atoms with van der Waals surface area (Å²) in [5, 5.41) is 5.17. The molecule has 0 bridgehead atoms. The number of para-hydroxylation sites is 1. The molecule has 7 heteroatoms. The highest BCUT2D eigenvalue weighted by atomic mass is 32.2. The fourth-order valence-corrected chi connectivity index (χ4v) is 6.98. The van der Waals surface area contributed by atoms with Crippen molar-refractivity contribution in [2.24, 2.45) is 0 Å². The van der Waals surface area contributed by atoms with Crippen LogP contribution >= 0.6 is 0 Å². The molecule has 5 rings (SSSR count).